The Morgan fingerprint density at radius 1 is 1.10 bits per heavy atom. The Hall–Kier alpha value is -1.93. The minimum absolute atomic E-state index is 0.0112. The first-order valence-corrected chi connectivity index (χ1v) is 12.2. The minimum Gasteiger partial charge on any atom is -0.493 e. The average molecular weight is 440 g/mol. The smallest absolute Gasteiger partial charge is 0.219 e. The van der Waals surface area contributed by atoms with Gasteiger partial charge in [-0.1, -0.05) is 6.07 Å². The van der Waals surface area contributed by atoms with Crippen molar-refractivity contribution in [2.75, 3.05) is 38.7 Å². The number of benzene rings is 1. The van der Waals surface area contributed by atoms with Crippen molar-refractivity contribution in [2.24, 2.45) is 5.92 Å². The summed E-state index contributed by atoms with van der Waals surface area (Å²) in [6.45, 7) is 5.36. The summed E-state index contributed by atoms with van der Waals surface area (Å²) in [5.74, 6) is 1.21. The van der Waals surface area contributed by atoms with E-state index in [1.54, 1.807) is 29.2 Å². The van der Waals surface area contributed by atoms with Crippen molar-refractivity contribution in [2.45, 2.75) is 50.8 Å². The zero-order chi connectivity index (χ0) is 22.0. The Morgan fingerprint density at radius 3 is 2.50 bits per heavy atom. The molecule has 0 bridgehead atoms. The summed E-state index contributed by atoms with van der Waals surface area (Å²) in [6, 6.07) is 6.68. The number of amides is 1. The summed E-state index contributed by atoms with van der Waals surface area (Å²) in [6.07, 6.45) is 3.76. The number of carbonyl (C=O) groups excluding carboxylic acids is 2. The molecule has 1 aromatic rings. The number of ketones is 1. The maximum absolute atomic E-state index is 12.5. The third kappa shape index (κ3) is 9.26. The van der Waals surface area contributed by atoms with Crippen LogP contribution in [0.5, 0.6) is 5.75 Å². The molecule has 168 valence electrons. The van der Waals surface area contributed by atoms with Crippen LogP contribution in [0, 0.1) is 5.92 Å². The van der Waals surface area contributed by atoms with Crippen LogP contribution in [0.15, 0.2) is 29.2 Å². The molecule has 1 aliphatic rings. The van der Waals surface area contributed by atoms with Gasteiger partial charge in [-0.05, 0) is 56.7 Å². The second kappa shape index (κ2) is 12.1. The van der Waals surface area contributed by atoms with Crippen LogP contribution in [0.4, 0.5) is 0 Å². The van der Waals surface area contributed by atoms with Crippen LogP contribution in [-0.4, -0.2) is 63.7 Å². The Kier molecular flexibility index (Phi) is 9.78. The number of rotatable bonds is 15. The SMILES string of the molecule is CC(=O)CCN(CCCOCCCS(=O)(=O)c1cccc(OCC2CC2)c1)C(C)=O. The first kappa shape index (κ1) is 24.3. The van der Waals surface area contributed by atoms with Gasteiger partial charge in [0.05, 0.1) is 17.3 Å². The van der Waals surface area contributed by atoms with Gasteiger partial charge in [0.25, 0.3) is 0 Å². The summed E-state index contributed by atoms with van der Waals surface area (Å²) in [5.41, 5.74) is 0. The topological polar surface area (TPSA) is 90.0 Å². The Balaban J connectivity index is 1.65. The van der Waals surface area contributed by atoms with Crippen LogP contribution in [0.3, 0.4) is 0 Å². The molecule has 0 spiro atoms. The Morgan fingerprint density at radius 2 is 1.83 bits per heavy atom. The Bertz CT molecular complexity index is 804. The summed E-state index contributed by atoms with van der Waals surface area (Å²) in [7, 11) is -3.38. The van der Waals surface area contributed by atoms with Crippen LogP contribution >= 0.6 is 0 Å². The number of sulfone groups is 1. The molecule has 0 saturated heterocycles. The van der Waals surface area contributed by atoms with E-state index in [1.807, 2.05) is 0 Å². The first-order chi connectivity index (χ1) is 14.3. The summed E-state index contributed by atoms with van der Waals surface area (Å²) >= 11 is 0. The highest BCUT2D eigenvalue weighted by molar-refractivity contribution is 7.91. The van der Waals surface area contributed by atoms with Gasteiger partial charge in [-0.15, -0.1) is 0 Å². The second-order valence-corrected chi connectivity index (χ2v) is 9.93. The molecule has 8 heteroatoms. The highest BCUT2D eigenvalue weighted by atomic mass is 32.2. The van der Waals surface area contributed by atoms with Crippen LogP contribution < -0.4 is 4.74 Å². The maximum Gasteiger partial charge on any atom is 0.219 e. The third-order valence-electron chi connectivity index (χ3n) is 4.94. The van der Waals surface area contributed by atoms with E-state index in [2.05, 4.69) is 0 Å². The van der Waals surface area contributed by atoms with E-state index in [0.717, 1.165) is 0 Å². The predicted octanol–water partition coefficient (Wildman–Crippen LogP) is 2.87. The van der Waals surface area contributed by atoms with Crippen molar-refractivity contribution in [3.63, 3.8) is 0 Å². The lowest BCUT2D eigenvalue weighted by molar-refractivity contribution is -0.129. The molecule has 0 heterocycles. The molecule has 1 fully saturated rings. The van der Waals surface area contributed by atoms with Gasteiger partial charge >= 0.3 is 0 Å². The molecule has 0 aliphatic heterocycles. The molecule has 1 aromatic carbocycles. The number of hydrogen-bond donors (Lipinski definition) is 0. The molecule has 1 aliphatic carbocycles. The maximum atomic E-state index is 12.5. The molecule has 0 N–H and O–H groups in total. The molecule has 0 unspecified atom stereocenters. The molecule has 0 radical (unpaired) electrons. The van der Waals surface area contributed by atoms with Crippen molar-refractivity contribution in [1.29, 1.82) is 0 Å². The molecular weight excluding hydrogens is 406 g/mol. The number of ether oxygens (including phenoxy) is 2. The second-order valence-electron chi connectivity index (χ2n) is 7.83. The summed E-state index contributed by atoms with van der Waals surface area (Å²) in [5, 5.41) is 0. The van der Waals surface area contributed by atoms with E-state index in [1.165, 1.54) is 26.7 Å². The quantitative estimate of drug-likeness (QED) is 0.390. The van der Waals surface area contributed by atoms with E-state index in [0.29, 0.717) is 63.8 Å². The van der Waals surface area contributed by atoms with Crippen molar-refractivity contribution in [3.8, 4) is 5.75 Å². The molecule has 0 aromatic heterocycles. The average Bonchev–Trinajstić information content (AvgIpc) is 3.52. The zero-order valence-electron chi connectivity index (χ0n) is 18.0. The lowest BCUT2D eigenvalue weighted by Gasteiger charge is -2.20. The van der Waals surface area contributed by atoms with Gasteiger partial charge in [0.15, 0.2) is 9.84 Å². The number of Topliss-reactive ketones (excluding diaryl/α,β-unsaturated/α-hetero) is 1. The van der Waals surface area contributed by atoms with Gasteiger partial charge in [-0.25, -0.2) is 8.42 Å². The molecule has 1 saturated carbocycles. The molecule has 7 nitrogen and oxygen atoms in total. The molecular formula is C22H33NO6S. The fourth-order valence-corrected chi connectivity index (χ4v) is 4.22. The summed E-state index contributed by atoms with van der Waals surface area (Å²) in [4.78, 5) is 24.5. The van der Waals surface area contributed by atoms with E-state index in [9.17, 15) is 18.0 Å². The standard InChI is InChI=1S/C22H33NO6S/c1-18(24)10-12-23(19(2)25)11-4-13-28-14-5-15-30(26,27)22-7-3-6-21(16-22)29-17-20-8-9-20/h3,6-7,16,20H,4-5,8-15,17H2,1-2H3. The van der Waals surface area contributed by atoms with Crippen molar-refractivity contribution >= 4 is 21.5 Å². The van der Waals surface area contributed by atoms with E-state index in [4.69, 9.17) is 9.47 Å². The van der Waals surface area contributed by atoms with Gasteiger partial charge in [0.2, 0.25) is 5.91 Å². The fraction of sp³-hybridized carbons (Fsp3) is 0.636. The lowest BCUT2D eigenvalue weighted by Crippen LogP contribution is -2.32. The van der Waals surface area contributed by atoms with Crippen LogP contribution in [0.2, 0.25) is 0 Å². The van der Waals surface area contributed by atoms with Crippen molar-refractivity contribution < 1.29 is 27.5 Å². The van der Waals surface area contributed by atoms with E-state index >= 15 is 0 Å². The van der Waals surface area contributed by atoms with Crippen molar-refractivity contribution in [3.05, 3.63) is 24.3 Å². The Labute approximate surface area is 179 Å². The largest absolute Gasteiger partial charge is 0.493 e. The van der Waals surface area contributed by atoms with Crippen LogP contribution in [0.25, 0.3) is 0 Å². The number of nitrogens with zero attached hydrogens (tertiary/aromatic N) is 1. The molecule has 2 rings (SSSR count). The van der Waals surface area contributed by atoms with Crippen LogP contribution in [0.1, 0.15) is 46.0 Å². The lowest BCUT2D eigenvalue weighted by atomic mass is 10.3. The van der Waals surface area contributed by atoms with Gasteiger partial charge in [0.1, 0.15) is 11.5 Å². The van der Waals surface area contributed by atoms with Gasteiger partial charge in [0, 0.05) is 39.6 Å². The van der Waals surface area contributed by atoms with E-state index < -0.39 is 9.84 Å². The van der Waals surface area contributed by atoms with Crippen LogP contribution in [-0.2, 0) is 24.2 Å². The van der Waals surface area contributed by atoms with E-state index in [-0.39, 0.29) is 22.3 Å². The van der Waals surface area contributed by atoms with Gasteiger partial charge < -0.3 is 14.4 Å². The molecule has 0 atom stereocenters. The normalized spacial score (nSPS) is 13.8. The highest BCUT2D eigenvalue weighted by Crippen LogP contribution is 2.30. The third-order valence-corrected chi connectivity index (χ3v) is 6.74. The van der Waals surface area contributed by atoms with Gasteiger partial charge in [-0.2, -0.15) is 0 Å². The van der Waals surface area contributed by atoms with Gasteiger partial charge in [-0.3, -0.25) is 9.59 Å². The number of carbonyl (C=O) groups is 2. The van der Waals surface area contributed by atoms with Crippen molar-refractivity contribution in [1.82, 2.24) is 4.90 Å². The summed E-state index contributed by atoms with van der Waals surface area (Å²) < 4.78 is 36.3. The molecule has 30 heavy (non-hydrogen) atoms. The number of hydrogen-bond acceptors (Lipinski definition) is 6. The predicted molar refractivity (Wildman–Crippen MR) is 114 cm³/mol. The highest BCUT2D eigenvalue weighted by Gasteiger charge is 2.22. The first-order valence-electron chi connectivity index (χ1n) is 10.6. The zero-order valence-corrected chi connectivity index (χ0v) is 18.8. The molecule has 1 amide bonds. The monoisotopic (exact) mass is 439 g/mol. The minimum atomic E-state index is -3.38. The fourth-order valence-electron chi connectivity index (χ4n) is 2.90.